The molecule has 9 rings (SSSR count). The Balaban J connectivity index is 0.000000167. The van der Waals surface area contributed by atoms with Gasteiger partial charge in [-0.05, 0) is 71.5 Å². The fourth-order valence-electron chi connectivity index (χ4n) is 6.54. The first-order valence-corrected chi connectivity index (χ1v) is 24.6. The van der Waals surface area contributed by atoms with Gasteiger partial charge < -0.3 is 0 Å². The number of nitrogens with zero attached hydrogens (tertiary/aromatic N) is 1. The second-order valence-corrected chi connectivity index (χ2v) is 20.2. The number of rotatable bonds is 9. The fraction of sp³-hybridized carbons (Fsp3) is 0.0179. The van der Waals surface area contributed by atoms with Gasteiger partial charge in [0.25, 0.3) is 0 Å². The van der Waals surface area contributed by atoms with Gasteiger partial charge in [-0.3, -0.25) is 0 Å². The Morgan fingerprint density at radius 2 is 0.355 bits per heavy atom. The molecule has 0 heterocycles. The van der Waals surface area contributed by atoms with Gasteiger partial charge in [0, 0.05) is 21.1 Å². The van der Waals surface area contributed by atoms with Crippen LogP contribution in [-0.4, -0.2) is 5.88 Å². The molecule has 0 bridgehead atoms. The third kappa shape index (κ3) is 14.7. The second-order valence-electron chi connectivity index (χ2n) is 13.3. The molecule has 0 fully saturated rings. The summed E-state index contributed by atoms with van der Waals surface area (Å²) in [7, 11) is -1.34. The van der Waals surface area contributed by atoms with Crippen LogP contribution in [0, 0.1) is 11.3 Å². The zero-order chi connectivity index (χ0) is 42.2. The quantitative estimate of drug-likeness (QED) is 0.104. The normalized spacial score (nSPS) is 10.0. The average Bonchev–Trinajstić information content (AvgIpc) is 3.35. The van der Waals surface area contributed by atoms with E-state index in [1.807, 2.05) is 0 Å². The molecule has 0 aliphatic heterocycles. The largest absolute Gasteiger partial charge is 0.197 e. The molecule has 9 aromatic rings. The van der Waals surface area contributed by atoms with Gasteiger partial charge in [-0.1, -0.05) is 273 Å². The van der Waals surface area contributed by atoms with Crippen LogP contribution in [0.3, 0.4) is 0 Å². The Morgan fingerprint density at radius 3 is 0.435 bits per heavy atom. The molecule has 62 heavy (non-hydrogen) atoms. The molecular formula is C56H47ClNP3W. The summed E-state index contributed by atoms with van der Waals surface area (Å²) in [6, 6.07) is 98.7. The Bertz CT molecular complexity index is 1990. The van der Waals surface area contributed by atoms with Crippen molar-refractivity contribution < 1.29 is 21.1 Å². The van der Waals surface area contributed by atoms with Crippen molar-refractivity contribution in [2.24, 2.45) is 0 Å². The zero-order valence-corrected chi connectivity index (χ0v) is 40.6. The van der Waals surface area contributed by atoms with E-state index in [0.717, 1.165) is 0 Å². The van der Waals surface area contributed by atoms with Crippen molar-refractivity contribution in [3.63, 3.8) is 0 Å². The van der Waals surface area contributed by atoms with Crippen LogP contribution >= 0.6 is 35.4 Å². The smallest absolute Gasteiger partial charge is 0.109 e. The summed E-state index contributed by atoms with van der Waals surface area (Å²) in [4.78, 5) is 0. The van der Waals surface area contributed by atoms with E-state index >= 15 is 0 Å². The Morgan fingerprint density at radius 1 is 0.258 bits per heavy atom. The maximum atomic E-state index is 7.49. The first-order chi connectivity index (χ1) is 30.3. The Kier molecular flexibility index (Phi) is 21.3. The molecule has 0 N–H and O–H groups in total. The third-order valence-corrected chi connectivity index (χ3v) is 16.6. The topological polar surface area (TPSA) is 23.8 Å². The monoisotopic (exact) mass is 1050 g/mol. The van der Waals surface area contributed by atoms with Crippen LogP contribution in [0.5, 0.6) is 0 Å². The molecule has 0 aromatic heterocycles. The Labute approximate surface area is 391 Å². The number of hydrogen-bond acceptors (Lipinski definition) is 1. The van der Waals surface area contributed by atoms with E-state index in [-0.39, 0.29) is 26.9 Å². The second kappa shape index (κ2) is 27.6. The predicted octanol–water partition coefficient (Wildman–Crippen LogP) is 11.1. The number of nitriles is 1. The number of alkyl halides is 1. The van der Waals surface area contributed by atoms with E-state index in [2.05, 4.69) is 273 Å². The van der Waals surface area contributed by atoms with E-state index in [4.69, 9.17) is 16.9 Å². The van der Waals surface area contributed by atoms with E-state index in [0.29, 0.717) is 0 Å². The summed E-state index contributed by atoms with van der Waals surface area (Å²) in [5, 5.41) is 20.1. The minimum Gasteiger partial charge on any atom is -0.197 e. The first-order valence-electron chi connectivity index (χ1n) is 20.1. The average molecular weight is 1050 g/mol. The molecule has 0 radical (unpaired) electrons. The summed E-state index contributed by atoms with van der Waals surface area (Å²) in [5.41, 5.74) is 0. The summed E-state index contributed by atoms with van der Waals surface area (Å²) in [5.74, 6) is 0.0972. The predicted molar refractivity (Wildman–Crippen MR) is 272 cm³/mol. The summed E-state index contributed by atoms with van der Waals surface area (Å²) in [6.45, 7) is 0. The fourth-order valence-corrected chi connectivity index (χ4v) is 13.5. The van der Waals surface area contributed by atoms with Gasteiger partial charge in [-0.2, -0.15) is 5.26 Å². The van der Waals surface area contributed by atoms with Gasteiger partial charge in [-0.15, -0.1) is 11.6 Å². The van der Waals surface area contributed by atoms with Crippen molar-refractivity contribution in [1.29, 1.82) is 5.26 Å². The van der Waals surface area contributed by atoms with Crippen LogP contribution in [0.15, 0.2) is 273 Å². The Hall–Kier alpha value is -5.26. The zero-order valence-electron chi connectivity index (χ0n) is 34.3. The standard InChI is InChI=1S/3C18H15P.C2H2ClN.W/c3*1-4-10-16(11-5-1)19(17-12-6-2-7-13-17)18-14-8-3-9-15-18;3-1-2-4;/h3*1-15H;1H2;. The van der Waals surface area contributed by atoms with Gasteiger partial charge in [0.2, 0.25) is 0 Å². The molecule has 9 aromatic carbocycles. The van der Waals surface area contributed by atoms with Gasteiger partial charge in [-0.25, -0.2) is 0 Å². The molecule has 0 aliphatic carbocycles. The van der Waals surface area contributed by atoms with Crippen molar-refractivity contribution in [1.82, 2.24) is 0 Å². The summed E-state index contributed by atoms with van der Waals surface area (Å²) in [6.07, 6.45) is 0. The molecule has 0 saturated heterocycles. The molecule has 0 unspecified atom stereocenters. The molecule has 6 heteroatoms. The minimum atomic E-state index is -0.446. The van der Waals surface area contributed by atoms with E-state index in [1.165, 1.54) is 47.7 Å². The van der Waals surface area contributed by atoms with Crippen LogP contribution in [0.2, 0.25) is 0 Å². The van der Waals surface area contributed by atoms with E-state index in [9.17, 15) is 0 Å². The molecule has 0 amide bonds. The number of hydrogen-bond donors (Lipinski definition) is 0. The first kappa shape index (κ1) is 47.8. The van der Waals surface area contributed by atoms with Gasteiger partial charge >= 0.3 is 0 Å². The van der Waals surface area contributed by atoms with Crippen molar-refractivity contribution >= 4 is 83.1 Å². The van der Waals surface area contributed by atoms with Gasteiger partial charge in [0.05, 0.1) is 6.07 Å². The van der Waals surface area contributed by atoms with E-state index in [1.54, 1.807) is 6.07 Å². The van der Waals surface area contributed by atoms with E-state index < -0.39 is 23.8 Å². The number of halogens is 1. The summed E-state index contributed by atoms with van der Waals surface area (Å²) >= 11 is 4.82. The van der Waals surface area contributed by atoms with Crippen molar-refractivity contribution in [3.8, 4) is 6.07 Å². The van der Waals surface area contributed by atoms with Crippen LogP contribution in [-0.2, 0) is 21.1 Å². The molecular weight excluding hydrogens is 999 g/mol. The van der Waals surface area contributed by atoms with Crippen LogP contribution < -0.4 is 47.7 Å². The maximum Gasteiger partial charge on any atom is 0.109 e. The van der Waals surface area contributed by atoms with Crippen molar-refractivity contribution in [2.75, 3.05) is 5.88 Å². The SMILES string of the molecule is N#CCCl.[W].c1ccc(P(c2ccccc2)c2ccccc2)cc1.c1ccc(P(c2ccccc2)c2ccccc2)cc1.c1ccc(P(c2ccccc2)c2ccccc2)cc1. The van der Waals surface area contributed by atoms with Gasteiger partial charge in [0.15, 0.2) is 0 Å². The third-order valence-electron chi connectivity index (χ3n) is 9.19. The molecule has 0 spiro atoms. The van der Waals surface area contributed by atoms with Gasteiger partial charge in [0.1, 0.15) is 5.88 Å². The van der Waals surface area contributed by atoms with Crippen LogP contribution in [0.1, 0.15) is 0 Å². The van der Waals surface area contributed by atoms with Crippen molar-refractivity contribution in [2.45, 2.75) is 0 Å². The molecule has 0 saturated carbocycles. The van der Waals surface area contributed by atoms with Crippen molar-refractivity contribution in [3.05, 3.63) is 273 Å². The minimum absolute atomic E-state index is 0. The molecule has 304 valence electrons. The van der Waals surface area contributed by atoms with Crippen LogP contribution in [0.25, 0.3) is 0 Å². The molecule has 0 aliphatic rings. The molecule has 1 nitrogen and oxygen atoms in total. The summed E-state index contributed by atoms with van der Waals surface area (Å²) < 4.78 is 0. The van der Waals surface area contributed by atoms with Crippen LogP contribution in [0.4, 0.5) is 0 Å². The molecule has 0 atom stereocenters. The maximum absolute atomic E-state index is 7.49. The number of benzene rings is 9.